The maximum absolute atomic E-state index is 11.7. The quantitative estimate of drug-likeness (QED) is 0.846. The Morgan fingerprint density at radius 3 is 2.94 bits per heavy atom. The Morgan fingerprint density at radius 2 is 2.28 bits per heavy atom. The van der Waals surface area contributed by atoms with Gasteiger partial charge in [0.05, 0.1) is 5.75 Å². The second-order valence-electron chi connectivity index (χ2n) is 4.26. The zero-order valence-electron chi connectivity index (χ0n) is 10.6. The molecule has 0 bridgehead atoms. The van der Waals surface area contributed by atoms with Crippen molar-refractivity contribution >= 4 is 35.0 Å². The highest BCUT2D eigenvalue weighted by atomic mass is 35.5. The Bertz CT molecular complexity index is 412. The van der Waals surface area contributed by atoms with E-state index in [4.69, 9.17) is 16.7 Å². The summed E-state index contributed by atoms with van der Waals surface area (Å²) in [6, 6.07) is 5.44. The van der Waals surface area contributed by atoms with E-state index in [9.17, 15) is 4.79 Å². The molecule has 0 aliphatic heterocycles. The topological polar surface area (TPSA) is 49.3 Å². The fourth-order valence-corrected chi connectivity index (χ4v) is 2.39. The van der Waals surface area contributed by atoms with Crippen LogP contribution in [-0.4, -0.2) is 29.1 Å². The molecule has 3 nitrogen and oxygen atoms in total. The van der Waals surface area contributed by atoms with Gasteiger partial charge in [0.25, 0.3) is 0 Å². The molecule has 1 unspecified atom stereocenters. The number of halogens is 1. The van der Waals surface area contributed by atoms with Gasteiger partial charge in [0, 0.05) is 17.3 Å². The lowest BCUT2D eigenvalue weighted by molar-refractivity contribution is -0.113. The molecule has 1 aromatic carbocycles. The molecule has 1 aromatic rings. The highest BCUT2D eigenvalue weighted by Crippen LogP contribution is 2.23. The smallest absolute Gasteiger partial charge is 0.234 e. The second kappa shape index (κ2) is 7.67. The maximum Gasteiger partial charge on any atom is 0.234 e. The highest BCUT2D eigenvalue weighted by molar-refractivity contribution is 7.99. The molecular formula is C13H18ClNO2S. The lowest BCUT2D eigenvalue weighted by Gasteiger charge is -2.10. The van der Waals surface area contributed by atoms with Crippen LogP contribution < -0.4 is 5.32 Å². The average molecular weight is 288 g/mol. The van der Waals surface area contributed by atoms with Crippen molar-refractivity contribution < 1.29 is 9.90 Å². The van der Waals surface area contributed by atoms with Gasteiger partial charge in [-0.2, -0.15) is 11.8 Å². The summed E-state index contributed by atoms with van der Waals surface area (Å²) >= 11 is 7.50. The highest BCUT2D eigenvalue weighted by Gasteiger charge is 2.08. The van der Waals surface area contributed by atoms with Crippen molar-refractivity contribution in [1.82, 2.24) is 0 Å². The number of carbonyl (C=O) groups is 1. The molecule has 0 radical (unpaired) electrons. The summed E-state index contributed by atoms with van der Waals surface area (Å²) in [6.45, 7) is 3.98. The van der Waals surface area contributed by atoms with E-state index in [2.05, 4.69) is 5.32 Å². The number of amides is 1. The molecule has 1 amide bonds. The van der Waals surface area contributed by atoms with E-state index < -0.39 is 0 Å². The molecule has 1 atom stereocenters. The van der Waals surface area contributed by atoms with Crippen LogP contribution in [0.5, 0.6) is 0 Å². The van der Waals surface area contributed by atoms with E-state index in [1.165, 1.54) is 11.8 Å². The molecule has 0 aliphatic carbocycles. The molecule has 0 aliphatic rings. The van der Waals surface area contributed by atoms with E-state index >= 15 is 0 Å². The number of nitrogens with one attached hydrogen (secondary N) is 1. The minimum Gasteiger partial charge on any atom is -0.396 e. The van der Waals surface area contributed by atoms with Crippen molar-refractivity contribution in [3.63, 3.8) is 0 Å². The fourth-order valence-electron chi connectivity index (χ4n) is 1.33. The third kappa shape index (κ3) is 4.88. The summed E-state index contributed by atoms with van der Waals surface area (Å²) < 4.78 is 0. The number of aliphatic hydroxyl groups is 1. The van der Waals surface area contributed by atoms with Gasteiger partial charge in [-0.15, -0.1) is 0 Å². The van der Waals surface area contributed by atoms with Gasteiger partial charge in [0.1, 0.15) is 0 Å². The Morgan fingerprint density at radius 1 is 1.56 bits per heavy atom. The standard InChI is InChI=1S/C13H18ClNO2S/c1-9(6-16)7-18-8-13(17)15-12-5-3-4-11(14)10(12)2/h3-5,9,16H,6-8H2,1-2H3,(H,15,17). The van der Waals surface area contributed by atoms with Gasteiger partial charge in [-0.3, -0.25) is 4.79 Å². The number of carbonyl (C=O) groups excluding carboxylic acids is 1. The summed E-state index contributed by atoms with van der Waals surface area (Å²) in [4.78, 5) is 11.7. The Labute approximate surface area is 117 Å². The first-order valence-corrected chi connectivity index (χ1v) is 7.31. The number of anilines is 1. The first-order chi connectivity index (χ1) is 8.54. The lowest BCUT2D eigenvalue weighted by atomic mass is 10.2. The normalized spacial score (nSPS) is 12.2. The van der Waals surface area contributed by atoms with Gasteiger partial charge < -0.3 is 10.4 Å². The molecule has 0 heterocycles. The fraction of sp³-hybridized carbons (Fsp3) is 0.462. The lowest BCUT2D eigenvalue weighted by Crippen LogP contribution is -2.16. The zero-order chi connectivity index (χ0) is 13.5. The summed E-state index contributed by atoms with van der Waals surface area (Å²) in [5.74, 6) is 1.33. The van der Waals surface area contributed by atoms with Crippen molar-refractivity contribution in [2.75, 3.05) is 23.4 Å². The Hall–Kier alpha value is -0.710. The SMILES string of the molecule is Cc1c(Cl)cccc1NC(=O)CSCC(C)CO. The van der Waals surface area contributed by atoms with E-state index in [0.29, 0.717) is 10.8 Å². The van der Waals surface area contributed by atoms with Gasteiger partial charge in [0.15, 0.2) is 0 Å². The summed E-state index contributed by atoms with van der Waals surface area (Å²) in [5.41, 5.74) is 1.63. The van der Waals surface area contributed by atoms with Gasteiger partial charge in [-0.1, -0.05) is 24.6 Å². The minimum absolute atomic E-state index is 0.0458. The van der Waals surface area contributed by atoms with Gasteiger partial charge >= 0.3 is 0 Å². The molecule has 100 valence electrons. The van der Waals surface area contributed by atoms with Crippen LogP contribution in [-0.2, 0) is 4.79 Å². The van der Waals surface area contributed by atoms with Crippen molar-refractivity contribution in [2.45, 2.75) is 13.8 Å². The molecule has 2 N–H and O–H groups in total. The first-order valence-electron chi connectivity index (χ1n) is 5.78. The number of rotatable bonds is 6. The monoisotopic (exact) mass is 287 g/mol. The van der Waals surface area contributed by atoms with Crippen LogP contribution in [0.25, 0.3) is 0 Å². The van der Waals surface area contributed by atoms with Crippen LogP contribution in [0.3, 0.4) is 0 Å². The summed E-state index contributed by atoms with van der Waals surface area (Å²) in [7, 11) is 0. The second-order valence-corrected chi connectivity index (χ2v) is 5.70. The minimum atomic E-state index is -0.0458. The molecule has 0 fully saturated rings. The number of hydrogen-bond donors (Lipinski definition) is 2. The third-order valence-electron chi connectivity index (χ3n) is 2.49. The Balaban J connectivity index is 2.43. The van der Waals surface area contributed by atoms with Crippen LogP contribution in [0.15, 0.2) is 18.2 Å². The molecule has 1 rings (SSSR count). The van der Waals surface area contributed by atoms with Gasteiger partial charge in [-0.05, 0) is 36.3 Å². The third-order valence-corrected chi connectivity index (χ3v) is 4.17. The molecule has 0 saturated carbocycles. The molecule has 0 aromatic heterocycles. The van der Waals surface area contributed by atoms with Gasteiger partial charge in [0.2, 0.25) is 5.91 Å². The maximum atomic E-state index is 11.7. The van der Waals surface area contributed by atoms with Crippen LogP contribution in [0.1, 0.15) is 12.5 Å². The molecular weight excluding hydrogens is 270 g/mol. The van der Waals surface area contributed by atoms with Crippen molar-refractivity contribution in [3.05, 3.63) is 28.8 Å². The van der Waals surface area contributed by atoms with Crippen molar-refractivity contribution in [3.8, 4) is 0 Å². The largest absolute Gasteiger partial charge is 0.396 e. The number of thioether (sulfide) groups is 1. The number of benzene rings is 1. The van der Waals surface area contributed by atoms with E-state index in [-0.39, 0.29) is 18.4 Å². The van der Waals surface area contributed by atoms with Gasteiger partial charge in [-0.25, -0.2) is 0 Å². The first kappa shape index (κ1) is 15.3. The Kier molecular flexibility index (Phi) is 6.54. The predicted octanol–water partition coefficient (Wildman–Crippen LogP) is 2.95. The average Bonchev–Trinajstić information content (AvgIpc) is 2.34. The molecule has 18 heavy (non-hydrogen) atoms. The van der Waals surface area contributed by atoms with Crippen LogP contribution >= 0.6 is 23.4 Å². The van der Waals surface area contributed by atoms with E-state index in [0.717, 1.165) is 17.0 Å². The number of hydrogen-bond acceptors (Lipinski definition) is 3. The van der Waals surface area contributed by atoms with Crippen LogP contribution in [0.2, 0.25) is 5.02 Å². The van der Waals surface area contributed by atoms with Crippen molar-refractivity contribution in [1.29, 1.82) is 0 Å². The zero-order valence-corrected chi connectivity index (χ0v) is 12.1. The molecule has 0 saturated heterocycles. The molecule has 5 heteroatoms. The number of aliphatic hydroxyl groups excluding tert-OH is 1. The van der Waals surface area contributed by atoms with Crippen molar-refractivity contribution in [2.24, 2.45) is 5.92 Å². The van der Waals surface area contributed by atoms with Crippen LogP contribution in [0.4, 0.5) is 5.69 Å². The van der Waals surface area contributed by atoms with Crippen LogP contribution in [0, 0.1) is 12.8 Å². The summed E-state index contributed by atoms with van der Waals surface area (Å²) in [5, 5.41) is 12.4. The predicted molar refractivity (Wildman–Crippen MR) is 78.4 cm³/mol. The van der Waals surface area contributed by atoms with E-state index in [1.54, 1.807) is 6.07 Å². The van der Waals surface area contributed by atoms with E-state index in [1.807, 2.05) is 26.0 Å². The molecule has 0 spiro atoms. The summed E-state index contributed by atoms with van der Waals surface area (Å²) in [6.07, 6.45) is 0.